The number of benzene rings is 1. The molecule has 7 heteroatoms. The second kappa shape index (κ2) is 8.10. The first-order chi connectivity index (χ1) is 11.4. The van der Waals surface area contributed by atoms with Gasteiger partial charge in [-0.25, -0.2) is 0 Å². The average molecular weight is 335 g/mol. The van der Waals surface area contributed by atoms with Gasteiger partial charge < -0.3 is 15.4 Å². The number of hydrogen-bond donors (Lipinski definition) is 1. The SMILES string of the molecule is CCOC(=O)C1CCN(C(C)Cc2ccc(N)c([N+](=O)[O-])c2)CC1. The lowest BCUT2D eigenvalue weighted by atomic mass is 9.94. The molecule has 7 nitrogen and oxygen atoms in total. The Balaban J connectivity index is 1.92. The summed E-state index contributed by atoms with van der Waals surface area (Å²) in [5.41, 5.74) is 6.68. The number of nitrogens with two attached hydrogens (primary N) is 1. The maximum atomic E-state index is 11.8. The van der Waals surface area contributed by atoms with Gasteiger partial charge in [-0.3, -0.25) is 14.9 Å². The Morgan fingerprint density at radius 1 is 1.46 bits per heavy atom. The van der Waals surface area contributed by atoms with Crippen molar-refractivity contribution in [1.82, 2.24) is 4.90 Å². The van der Waals surface area contributed by atoms with Crippen LogP contribution in [0.25, 0.3) is 0 Å². The van der Waals surface area contributed by atoms with Crippen molar-refractivity contribution in [2.24, 2.45) is 5.92 Å². The molecule has 1 atom stereocenters. The molecule has 1 saturated heterocycles. The first kappa shape index (κ1) is 18.2. The molecular weight excluding hydrogens is 310 g/mol. The van der Waals surface area contributed by atoms with Crippen molar-refractivity contribution in [2.45, 2.75) is 39.2 Å². The Morgan fingerprint density at radius 2 is 2.12 bits per heavy atom. The molecule has 0 spiro atoms. The second-order valence-electron chi connectivity index (χ2n) is 6.27. The lowest BCUT2D eigenvalue weighted by Gasteiger charge is -2.35. The minimum atomic E-state index is -0.450. The van der Waals surface area contributed by atoms with Crippen molar-refractivity contribution in [3.05, 3.63) is 33.9 Å². The minimum absolute atomic E-state index is 0.00832. The van der Waals surface area contributed by atoms with Crippen LogP contribution in [0.1, 0.15) is 32.3 Å². The summed E-state index contributed by atoms with van der Waals surface area (Å²) in [4.78, 5) is 24.6. The largest absolute Gasteiger partial charge is 0.466 e. The molecule has 24 heavy (non-hydrogen) atoms. The maximum absolute atomic E-state index is 11.8. The fraction of sp³-hybridized carbons (Fsp3) is 0.588. The van der Waals surface area contributed by atoms with Gasteiger partial charge in [0.2, 0.25) is 0 Å². The number of rotatable bonds is 6. The van der Waals surface area contributed by atoms with E-state index < -0.39 is 4.92 Å². The number of carbonyl (C=O) groups excluding carboxylic acids is 1. The summed E-state index contributed by atoms with van der Waals surface area (Å²) in [6.07, 6.45) is 2.31. The number of nitro benzene ring substituents is 1. The Bertz CT molecular complexity index is 597. The van der Waals surface area contributed by atoms with E-state index in [-0.39, 0.29) is 29.3 Å². The quantitative estimate of drug-likeness (QED) is 0.371. The van der Waals surface area contributed by atoms with E-state index in [0.29, 0.717) is 13.0 Å². The van der Waals surface area contributed by atoms with Crippen LogP contribution in [-0.2, 0) is 16.0 Å². The molecule has 0 amide bonds. The molecule has 0 aromatic heterocycles. The van der Waals surface area contributed by atoms with Gasteiger partial charge >= 0.3 is 5.97 Å². The number of anilines is 1. The first-order valence-electron chi connectivity index (χ1n) is 8.35. The lowest BCUT2D eigenvalue weighted by molar-refractivity contribution is -0.384. The molecule has 1 unspecified atom stereocenters. The van der Waals surface area contributed by atoms with Crippen molar-refractivity contribution in [1.29, 1.82) is 0 Å². The van der Waals surface area contributed by atoms with Gasteiger partial charge in [0, 0.05) is 12.1 Å². The van der Waals surface area contributed by atoms with Crippen LogP contribution < -0.4 is 5.73 Å². The molecule has 1 aromatic carbocycles. The molecule has 1 heterocycles. The number of likely N-dealkylation sites (tertiary alicyclic amines) is 1. The van der Waals surface area contributed by atoms with E-state index in [1.165, 1.54) is 0 Å². The topological polar surface area (TPSA) is 98.7 Å². The maximum Gasteiger partial charge on any atom is 0.309 e. The number of carbonyl (C=O) groups is 1. The molecule has 2 N–H and O–H groups in total. The van der Waals surface area contributed by atoms with E-state index in [1.807, 2.05) is 13.0 Å². The van der Waals surface area contributed by atoms with Crippen molar-refractivity contribution in [3.8, 4) is 0 Å². The van der Waals surface area contributed by atoms with E-state index in [1.54, 1.807) is 12.1 Å². The number of piperidine rings is 1. The second-order valence-corrected chi connectivity index (χ2v) is 6.27. The number of ether oxygens (including phenoxy) is 1. The first-order valence-corrected chi connectivity index (χ1v) is 8.35. The predicted molar refractivity (Wildman–Crippen MR) is 91.6 cm³/mol. The molecule has 132 valence electrons. The van der Waals surface area contributed by atoms with Gasteiger partial charge in [0.25, 0.3) is 5.69 Å². The molecule has 0 saturated carbocycles. The zero-order valence-corrected chi connectivity index (χ0v) is 14.2. The number of hydrogen-bond acceptors (Lipinski definition) is 6. The van der Waals surface area contributed by atoms with Crippen LogP contribution in [-0.4, -0.2) is 41.5 Å². The van der Waals surface area contributed by atoms with Crippen LogP contribution in [0, 0.1) is 16.0 Å². The number of esters is 1. The van der Waals surface area contributed by atoms with E-state index in [2.05, 4.69) is 11.8 Å². The van der Waals surface area contributed by atoms with Crippen LogP contribution in [0.2, 0.25) is 0 Å². The summed E-state index contributed by atoms with van der Waals surface area (Å²) in [6, 6.07) is 5.23. The molecule has 0 bridgehead atoms. The molecule has 1 aromatic rings. The normalized spacial score (nSPS) is 17.4. The molecule has 2 rings (SSSR count). The summed E-state index contributed by atoms with van der Waals surface area (Å²) in [5, 5.41) is 11.0. The standard InChI is InChI=1S/C17H25N3O4/c1-3-24-17(21)14-6-8-19(9-7-14)12(2)10-13-4-5-15(18)16(11-13)20(22)23/h4-5,11-12,14H,3,6-10,18H2,1-2H3. The number of nitro groups is 1. The summed E-state index contributed by atoms with van der Waals surface area (Å²) in [6.45, 7) is 6.02. The lowest BCUT2D eigenvalue weighted by Crippen LogP contribution is -2.42. The third kappa shape index (κ3) is 4.44. The highest BCUT2D eigenvalue weighted by molar-refractivity contribution is 5.72. The Labute approximate surface area is 141 Å². The fourth-order valence-corrected chi connectivity index (χ4v) is 3.18. The molecule has 1 fully saturated rings. The highest BCUT2D eigenvalue weighted by Crippen LogP contribution is 2.25. The predicted octanol–water partition coefficient (Wildman–Crippen LogP) is 2.38. The third-order valence-corrected chi connectivity index (χ3v) is 4.60. The average Bonchev–Trinajstić information content (AvgIpc) is 2.56. The summed E-state index contributed by atoms with van der Waals surface area (Å²) >= 11 is 0. The molecular formula is C17H25N3O4. The van der Waals surface area contributed by atoms with Crippen LogP contribution in [0.3, 0.4) is 0 Å². The summed E-state index contributed by atoms with van der Waals surface area (Å²) < 4.78 is 5.09. The Morgan fingerprint density at radius 3 is 2.71 bits per heavy atom. The van der Waals surface area contributed by atoms with Crippen molar-refractivity contribution in [2.75, 3.05) is 25.4 Å². The van der Waals surface area contributed by atoms with Crippen molar-refractivity contribution < 1.29 is 14.5 Å². The van der Waals surface area contributed by atoms with E-state index in [9.17, 15) is 14.9 Å². The smallest absolute Gasteiger partial charge is 0.309 e. The summed E-state index contributed by atoms with van der Waals surface area (Å²) in [5.74, 6) is -0.107. The molecule has 1 aliphatic heterocycles. The van der Waals surface area contributed by atoms with Crippen LogP contribution >= 0.6 is 0 Å². The molecule has 0 radical (unpaired) electrons. The van der Waals surface area contributed by atoms with Crippen molar-refractivity contribution >= 4 is 17.3 Å². The van der Waals surface area contributed by atoms with Crippen LogP contribution in [0.4, 0.5) is 11.4 Å². The van der Waals surface area contributed by atoms with E-state index >= 15 is 0 Å². The molecule has 1 aliphatic rings. The van der Waals surface area contributed by atoms with Crippen LogP contribution in [0.5, 0.6) is 0 Å². The monoisotopic (exact) mass is 335 g/mol. The number of nitrogen functional groups attached to an aromatic ring is 1. The highest BCUT2D eigenvalue weighted by Gasteiger charge is 2.28. The van der Waals surface area contributed by atoms with Crippen LogP contribution in [0.15, 0.2) is 18.2 Å². The van der Waals surface area contributed by atoms with Gasteiger partial charge in [-0.05, 0) is 57.8 Å². The van der Waals surface area contributed by atoms with Gasteiger partial charge in [0.05, 0.1) is 17.4 Å². The minimum Gasteiger partial charge on any atom is -0.466 e. The molecule has 0 aliphatic carbocycles. The Kier molecular flexibility index (Phi) is 6.14. The third-order valence-electron chi connectivity index (χ3n) is 4.60. The zero-order valence-electron chi connectivity index (χ0n) is 14.2. The van der Waals surface area contributed by atoms with Gasteiger partial charge in [0.1, 0.15) is 5.69 Å². The van der Waals surface area contributed by atoms with Gasteiger partial charge in [0.15, 0.2) is 0 Å². The summed E-state index contributed by atoms with van der Waals surface area (Å²) in [7, 11) is 0. The van der Waals surface area contributed by atoms with E-state index in [4.69, 9.17) is 10.5 Å². The van der Waals surface area contributed by atoms with Gasteiger partial charge in [-0.1, -0.05) is 6.07 Å². The van der Waals surface area contributed by atoms with E-state index in [0.717, 1.165) is 31.5 Å². The van der Waals surface area contributed by atoms with Crippen molar-refractivity contribution in [3.63, 3.8) is 0 Å². The van der Waals surface area contributed by atoms with Gasteiger partial charge in [-0.2, -0.15) is 0 Å². The fourth-order valence-electron chi connectivity index (χ4n) is 3.18. The number of nitrogens with zero attached hydrogens (tertiary/aromatic N) is 2. The zero-order chi connectivity index (χ0) is 17.7. The highest BCUT2D eigenvalue weighted by atomic mass is 16.6. The van der Waals surface area contributed by atoms with Gasteiger partial charge in [-0.15, -0.1) is 0 Å². The Hall–Kier alpha value is -2.15.